The number of benzene rings is 3. The number of phenols is 2. The lowest BCUT2D eigenvalue weighted by Crippen LogP contribution is -2.49. The number of hydrogen-bond donors (Lipinski definition) is 4. The van der Waals surface area contributed by atoms with Crippen molar-refractivity contribution in [2.75, 3.05) is 20.2 Å². The van der Waals surface area contributed by atoms with Crippen molar-refractivity contribution < 1.29 is 52.7 Å². The highest BCUT2D eigenvalue weighted by atomic mass is 19.4. The highest BCUT2D eigenvalue weighted by Crippen LogP contribution is 2.51. The zero-order valence-electron chi connectivity index (χ0n) is 24.1. The Bertz CT molecular complexity index is 1720. The van der Waals surface area contributed by atoms with Gasteiger partial charge in [0.15, 0.2) is 11.6 Å². The molecule has 3 aromatic carbocycles. The number of aliphatic hydroxyl groups excluding tert-OH is 1. The Morgan fingerprint density at radius 3 is 2.39 bits per heavy atom. The predicted molar refractivity (Wildman–Crippen MR) is 150 cm³/mol. The molecule has 2 aliphatic rings. The minimum atomic E-state index is -4.55. The first kappa shape index (κ1) is 31.2. The summed E-state index contributed by atoms with van der Waals surface area (Å²) in [6, 6.07) is 7.86. The molecule has 9 nitrogen and oxygen atoms in total. The first-order valence-electron chi connectivity index (χ1n) is 13.8. The first-order valence-corrected chi connectivity index (χ1v) is 13.8. The number of aryl methyl sites for hydroxylation is 1. The third-order valence-electron chi connectivity index (χ3n) is 8.30. The predicted octanol–water partition coefficient (Wildman–Crippen LogP) is 4.01. The summed E-state index contributed by atoms with van der Waals surface area (Å²) in [5.74, 6) is -3.83. The maximum atomic E-state index is 13.5. The van der Waals surface area contributed by atoms with E-state index in [1.54, 1.807) is 13.0 Å². The number of rotatable bonds is 7. The molecule has 3 aromatic rings. The second-order valence-corrected chi connectivity index (χ2v) is 11.2. The van der Waals surface area contributed by atoms with Crippen molar-refractivity contribution in [3.63, 3.8) is 0 Å². The fourth-order valence-electron chi connectivity index (χ4n) is 6.16. The van der Waals surface area contributed by atoms with Gasteiger partial charge < -0.3 is 25.2 Å². The lowest BCUT2D eigenvalue weighted by Gasteiger charge is -2.38. The minimum Gasteiger partial charge on any atom is -0.507 e. The molecule has 0 aromatic heterocycles. The molecule has 0 spiro atoms. The van der Waals surface area contributed by atoms with Gasteiger partial charge in [0.25, 0.3) is 0 Å². The molecule has 0 fully saturated rings. The van der Waals surface area contributed by atoms with E-state index in [4.69, 9.17) is 4.74 Å². The van der Waals surface area contributed by atoms with E-state index in [1.807, 2.05) is 0 Å². The van der Waals surface area contributed by atoms with Crippen LogP contribution in [0.5, 0.6) is 17.2 Å². The van der Waals surface area contributed by atoms with Crippen molar-refractivity contribution in [2.24, 2.45) is 0 Å². The lowest BCUT2D eigenvalue weighted by atomic mass is 9.72. The number of aromatic hydroxyl groups is 2. The number of hydrogen-bond acceptors (Lipinski definition) is 9. The Hall–Kier alpha value is -4.26. The second-order valence-electron chi connectivity index (χ2n) is 11.2. The first-order chi connectivity index (χ1) is 20.6. The van der Waals surface area contributed by atoms with Crippen LogP contribution in [0.1, 0.15) is 79.1 Å². The largest absolute Gasteiger partial charge is 0.507 e. The summed E-state index contributed by atoms with van der Waals surface area (Å²) >= 11 is 0. The van der Waals surface area contributed by atoms with Gasteiger partial charge in [-0.1, -0.05) is 30.7 Å². The topological polar surface area (TPSA) is 145 Å². The average Bonchev–Trinajstić information content (AvgIpc) is 2.95. The number of ketones is 3. The van der Waals surface area contributed by atoms with Crippen molar-refractivity contribution in [1.29, 1.82) is 0 Å². The summed E-state index contributed by atoms with van der Waals surface area (Å²) in [4.78, 5) is 42.0. The van der Waals surface area contributed by atoms with E-state index in [2.05, 4.69) is 0 Å². The highest BCUT2D eigenvalue weighted by molar-refractivity contribution is 6.31. The van der Waals surface area contributed by atoms with Gasteiger partial charge in [-0.15, -0.1) is 0 Å². The monoisotopic (exact) mass is 613 g/mol. The number of ether oxygens (including phenoxy) is 1. The van der Waals surface area contributed by atoms with Gasteiger partial charge in [-0.2, -0.15) is 13.2 Å². The van der Waals surface area contributed by atoms with E-state index in [0.29, 0.717) is 11.1 Å². The van der Waals surface area contributed by atoms with Crippen LogP contribution < -0.4 is 4.74 Å². The molecule has 44 heavy (non-hydrogen) atoms. The van der Waals surface area contributed by atoms with Crippen LogP contribution in [-0.2, 0) is 23.9 Å². The summed E-state index contributed by atoms with van der Waals surface area (Å²) < 4.78 is 45.2. The summed E-state index contributed by atoms with van der Waals surface area (Å²) in [6.07, 6.45) is -7.47. The summed E-state index contributed by atoms with van der Waals surface area (Å²) in [6.45, 7) is 3.00. The number of fused-ring (bicyclic) bond motifs is 3. The number of carbonyl (C=O) groups is 3. The van der Waals surface area contributed by atoms with Crippen molar-refractivity contribution >= 4 is 17.3 Å². The smallest absolute Gasteiger partial charge is 0.416 e. The third kappa shape index (κ3) is 5.12. The maximum Gasteiger partial charge on any atom is 0.416 e. The summed E-state index contributed by atoms with van der Waals surface area (Å²) in [7, 11) is 1.30. The van der Waals surface area contributed by atoms with Gasteiger partial charge in [0.1, 0.15) is 22.8 Å². The van der Waals surface area contributed by atoms with Crippen LogP contribution >= 0.6 is 0 Å². The minimum absolute atomic E-state index is 0.0404. The number of alkyl halides is 3. The van der Waals surface area contributed by atoms with E-state index >= 15 is 0 Å². The van der Waals surface area contributed by atoms with Gasteiger partial charge >= 0.3 is 6.18 Å². The van der Waals surface area contributed by atoms with Crippen LogP contribution in [0.15, 0.2) is 36.4 Å². The Balaban J connectivity index is 1.47. The van der Waals surface area contributed by atoms with Crippen LogP contribution in [0.25, 0.3) is 0 Å². The lowest BCUT2D eigenvalue weighted by molar-refractivity contribution is -0.143. The Morgan fingerprint density at radius 1 is 1.07 bits per heavy atom. The van der Waals surface area contributed by atoms with Gasteiger partial charge in [-0.05, 0) is 37.2 Å². The third-order valence-corrected chi connectivity index (χ3v) is 8.30. The molecule has 5 rings (SSSR count). The van der Waals surface area contributed by atoms with Gasteiger partial charge in [0.05, 0.1) is 42.0 Å². The fourth-order valence-corrected chi connectivity index (χ4v) is 6.16. The molecule has 0 saturated heterocycles. The number of phenolic OH excluding ortho intramolecular Hbond substituents is 2. The van der Waals surface area contributed by atoms with Gasteiger partial charge in [-0.25, -0.2) is 0 Å². The molecule has 0 heterocycles. The quantitative estimate of drug-likeness (QED) is 0.227. The summed E-state index contributed by atoms with van der Waals surface area (Å²) in [5, 5.41) is 45.0. The van der Waals surface area contributed by atoms with Crippen LogP contribution in [0.4, 0.5) is 13.2 Å². The number of methoxy groups -OCH3 is 1. The summed E-state index contributed by atoms with van der Waals surface area (Å²) in [5.41, 5.74) is -4.20. The van der Waals surface area contributed by atoms with Gasteiger partial charge in [0.2, 0.25) is 5.78 Å². The Labute approximate surface area is 250 Å². The van der Waals surface area contributed by atoms with Gasteiger partial charge in [0, 0.05) is 36.1 Å². The number of carbonyl (C=O) groups excluding carboxylic acids is 3. The average molecular weight is 614 g/mol. The fraction of sp³-hybridized carbons (Fsp3) is 0.344. The number of aliphatic hydroxyl groups is 2. The number of halogens is 3. The molecule has 2 unspecified atom stereocenters. The van der Waals surface area contributed by atoms with E-state index in [9.17, 15) is 48.0 Å². The molecule has 0 saturated carbocycles. The van der Waals surface area contributed by atoms with Crippen LogP contribution in [-0.4, -0.2) is 68.5 Å². The zero-order chi connectivity index (χ0) is 32.3. The maximum absolute atomic E-state index is 13.5. The molecular weight excluding hydrogens is 583 g/mol. The van der Waals surface area contributed by atoms with E-state index in [-0.39, 0.29) is 41.1 Å². The highest BCUT2D eigenvalue weighted by Gasteiger charge is 2.48. The SMILES string of the molecule is CCN(CC(=O)C1(O)Cc2c(O)c3c(c(O)c2C(O)C1)C(=O)c1c(OC)cccc1C3=O)Cc1cc(C)cc(C(F)(F)F)c1. The second kappa shape index (κ2) is 11.0. The molecule has 4 N–H and O–H groups in total. The Morgan fingerprint density at radius 2 is 1.75 bits per heavy atom. The van der Waals surface area contributed by atoms with Gasteiger partial charge in [-0.3, -0.25) is 19.3 Å². The Kier molecular flexibility index (Phi) is 7.81. The molecule has 2 aliphatic carbocycles. The van der Waals surface area contributed by atoms with E-state index < -0.39 is 82.8 Å². The number of Topliss-reactive ketones (excluding diaryl/α,β-unsaturated/α-hetero) is 1. The van der Waals surface area contributed by atoms with Crippen molar-refractivity contribution in [1.82, 2.24) is 4.90 Å². The van der Waals surface area contributed by atoms with E-state index in [1.165, 1.54) is 37.1 Å². The molecule has 12 heteroatoms. The van der Waals surface area contributed by atoms with Crippen LogP contribution in [0.3, 0.4) is 0 Å². The molecule has 232 valence electrons. The number of nitrogens with zero attached hydrogens (tertiary/aromatic N) is 1. The standard InChI is InChI=1S/C32H30F3NO8/c1-4-36(13-16-8-15(2)9-17(10-16)32(33,34)35)14-22(38)31(43)11-19-23(20(37)12-31)29(41)26-25(28(19)40)27(39)18-6-5-7-21(44-3)24(18)30(26)42/h5-10,20,37,40-41,43H,4,11-14H2,1-3H3. The van der Waals surface area contributed by atoms with Crippen LogP contribution in [0, 0.1) is 6.92 Å². The molecule has 2 atom stereocenters. The van der Waals surface area contributed by atoms with Crippen molar-refractivity contribution in [3.8, 4) is 17.2 Å². The zero-order valence-corrected chi connectivity index (χ0v) is 24.1. The molecule has 0 aliphatic heterocycles. The molecule has 0 bridgehead atoms. The molecule has 0 amide bonds. The van der Waals surface area contributed by atoms with E-state index in [0.717, 1.165) is 12.1 Å². The molecular formula is C32H30F3NO8. The van der Waals surface area contributed by atoms with Crippen molar-refractivity contribution in [3.05, 3.63) is 86.5 Å². The molecule has 0 radical (unpaired) electrons. The normalized spacial score (nSPS) is 19.4. The van der Waals surface area contributed by atoms with Crippen LogP contribution in [0.2, 0.25) is 0 Å². The van der Waals surface area contributed by atoms with Crippen molar-refractivity contribution in [2.45, 2.75) is 51.1 Å². The number of likely N-dealkylation sites (N-methyl/N-ethyl adjacent to an activating group) is 1.